The Balaban J connectivity index is 1.96. The molecule has 8 heteroatoms. The third kappa shape index (κ3) is 3.23. The van der Waals surface area contributed by atoms with Crippen molar-refractivity contribution in [2.75, 3.05) is 5.01 Å². The molecule has 2 aromatic rings. The molecule has 0 unspecified atom stereocenters. The predicted octanol–water partition coefficient (Wildman–Crippen LogP) is 3.44. The molecule has 7 nitrogen and oxygen atoms in total. The molecule has 1 saturated heterocycles. The van der Waals surface area contributed by atoms with Gasteiger partial charge in [0, 0.05) is 6.07 Å². The van der Waals surface area contributed by atoms with Crippen molar-refractivity contribution in [1.82, 2.24) is 5.43 Å². The Morgan fingerprint density at radius 3 is 2.50 bits per heavy atom. The smallest absolute Gasteiger partial charge is 0.267 e. The number of carbonyl (C=O) groups excluding carboxylic acids is 2. The van der Waals surface area contributed by atoms with Crippen LogP contribution in [-0.4, -0.2) is 16.7 Å². The first-order valence-electron chi connectivity index (χ1n) is 7.66. The molecule has 2 amide bonds. The number of halogens is 1. The lowest BCUT2D eigenvalue weighted by atomic mass is 10.1. The number of hydrazine groups is 1. The summed E-state index contributed by atoms with van der Waals surface area (Å²) in [6.45, 7) is 3.87. The molecule has 26 heavy (non-hydrogen) atoms. The van der Waals surface area contributed by atoms with Crippen LogP contribution in [0, 0.1) is 24.0 Å². The lowest BCUT2D eigenvalue weighted by molar-refractivity contribution is -0.385. The minimum Gasteiger partial charge on any atom is -0.267 e. The minimum atomic E-state index is -0.557. The molecule has 0 aliphatic carbocycles. The number of nitrogens with one attached hydrogen (secondary N) is 1. The van der Waals surface area contributed by atoms with Crippen molar-refractivity contribution in [3.05, 3.63) is 73.2 Å². The van der Waals surface area contributed by atoms with Crippen molar-refractivity contribution in [3.8, 4) is 0 Å². The topological polar surface area (TPSA) is 92.6 Å². The highest BCUT2D eigenvalue weighted by molar-refractivity contribution is 9.10. The molecule has 3 rings (SSSR count). The van der Waals surface area contributed by atoms with Crippen LogP contribution in [0.4, 0.5) is 11.4 Å². The summed E-state index contributed by atoms with van der Waals surface area (Å²) in [5.41, 5.74) is 5.30. The third-order valence-electron chi connectivity index (χ3n) is 4.12. The van der Waals surface area contributed by atoms with Crippen LogP contribution in [0.2, 0.25) is 0 Å². The van der Waals surface area contributed by atoms with E-state index in [-0.39, 0.29) is 11.3 Å². The number of aryl methyl sites for hydroxylation is 2. The van der Waals surface area contributed by atoms with Gasteiger partial charge in [-0.1, -0.05) is 12.1 Å². The van der Waals surface area contributed by atoms with E-state index >= 15 is 0 Å². The monoisotopic (exact) mass is 415 g/mol. The number of hydrogen-bond donors (Lipinski definition) is 1. The lowest BCUT2D eigenvalue weighted by Gasteiger charge is -2.15. The largest absolute Gasteiger partial charge is 0.284 e. The van der Waals surface area contributed by atoms with Crippen LogP contribution in [-0.2, 0) is 9.59 Å². The van der Waals surface area contributed by atoms with Gasteiger partial charge in [-0.05, 0) is 70.7 Å². The maximum atomic E-state index is 12.6. The summed E-state index contributed by atoms with van der Waals surface area (Å²) < 4.78 is 0.323. The summed E-state index contributed by atoms with van der Waals surface area (Å²) in [7, 11) is 0. The molecule has 1 heterocycles. The number of nitro benzene ring substituents is 1. The SMILES string of the molecule is Cc1ccc(N2NC(=O)C(=Cc3ccc(Br)c([N+](=O)[O-])c3)C2=O)cc1C. The maximum absolute atomic E-state index is 12.6. The van der Waals surface area contributed by atoms with Gasteiger partial charge in [-0.15, -0.1) is 0 Å². The van der Waals surface area contributed by atoms with Crippen LogP contribution >= 0.6 is 15.9 Å². The number of amides is 2. The predicted molar refractivity (Wildman–Crippen MR) is 100 cm³/mol. The first-order valence-corrected chi connectivity index (χ1v) is 8.45. The van der Waals surface area contributed by atoms with E-state index in [9.17, 15) is 19.7 Å². The number of anilines is 1. The molecular formula is C18H14BrN3O4. The fourth-order valence-electron chi connectivity index (χ4n) is 2.53. The van der Waals surface area contributed by atoms with Gasteiger partial charge in [0.25, 0.3) is 17.5 Å². The maximum Gasteiger partial charge on any atom is 0.284 e. The Labute approximate surface area is 157 Å². The number of nitrogens with zero attached hydrogens (tertiary/aromatic N) is 2. The van der Waals surface area contributed by atoms with Crippen LogP contribution < -0.4 is 10.4 Å². The van der Waals surface area contributed by atoms with Gasteiger partial charge in [0.15, 0.2) is 0 Å². The van der Waals surface area contributed by atoms with Gasteiger partial charge in [0.05, 0.1) is 15.1 Å². The second kappa shape index (κ2) is 6.72. The second-order valence-electron chi connectivity index (χ2n) is 5.88. The molecule has 0 atom stereocenters. The fraction of sp³-hybridized carbons (Fsp3) is 0.111. The van der Waals surface area contributed by atoms with E-state index in [4.69, 9.17) is 0 Å². The molecule has 0 radical (unpaired) electrons. The van der Waals surface area contributed by atoms with Gasteiger partial charge in [0.1, 0.15) is 5.57 Å². The van der Waals surface area contributed by atoms with Gasteiger partial charge >= 0.3 is 0 Å². The van der Waals surface area contributed by atoms with Crippen molar-refractivity contribution in [2.24, 2.45) is 0 Å². The zero-order valence-electron chi connectivity index (χ0n) is 13.9. The van der Waals surface area contributed by atoms with E-state index in [1.165, 1.54) is 23.2 Å². The van der Waals surface area contributed by atoms with E-state index in [1.54, 1.807) is 18.2 Å². The first-order chi connectivity index (χ1) is 12.3. The first kappa shape index (κ1) is 17.8. The van der Waals surface area contributed by atoms with E-state index in [1.807, 2.05) is 19.9 Å². The summed E-state index contributed by atoms with van der Waals surface area (Å²) in [6.07, 6.45) is 1.35. The highest BCUT2D eigenvalue weighted by atomic mass is 79.9. The molecule has 0 aromatic heterocycles. The Morgan fingerprint density at radius 1 is 1.12 bits per heavy atom. The van der Waals surface area contributed by atoms with Crippen molar-refractivity contribution < 1.29 is 14.5 Å². The summed E-state index contributed by atoms with van der Waals surface area (Å²) in [6, 6.07) is 9.81. The molecule has 2 aromatic carbocycles. The zero-order valence-corrected chi connectivity index (χ0v) is 15.5. The quantitative estimate of drug-likeness (QED) is 0.359. The van der Waals surface area contributed by atoms with Crippen molar-refractivity contribution in [2.45, 2.75) is 13.8 Å². The van der Waals surface area contributed by atoms with Crippen LogP contribution in [0.1, 0.15) is 16.7 Å². The number of benzene rings is 2. The summed E-state index contributed by atoms with van der Waals surface area (Å²) in [4.78, 5) is 35.4. The normalized spacial score (nSPS) is 15.5. The molecule has 0 bridgehead atoms. The van der Waals surface area contributed by atoms with E-state index in [0.717, 1.165) is 11.1 Å². The lowest BCUT2D eigenvalue weighted by Crippen LogP contribution is -2.35. The third-order valence-corrected chi connectivity index (χ3v) is 4.79. The molecule has 0 spiro atoms. The molecule has 0 saturated carbocycles. The molecule has 132 valence electrons. The van der Waals surface area contributed by atoms with Gasteiger partial charge in [0.2, 0.25) is 0 Å². The Bertz CT molecular complexity index is 984. The highest BCUT2D eigenvalue weighted by Crippen LogP contribution is 2.28. The van der Waals surface area contributed by atoms with E-state index < -0.39 is 16.7 Å². The summed E-state index contributed by atoms with van der Waals surface area (Å²) in [5, 5.41) is 12.2. The average Bonchev–Trinajstić information content (AvgIpc) is 2.87. The van der Waals surface area contributed by atoms with Gasteiger partial charge in [-0.25, -0.2) is 5.01 Å². The van der Waals surface area contributed by atoms with E-state index in [0.29, 0.717) is 15.7 Å². The molecule has 1 aliphatic heterocycles. The van der Waals surface area contributed by atoms with Crippen LogP contribution in [0.5, 0.6) is 0 Å². The highest BCUT2D eigenvalue weighted by Gasteiger charge is 2.34. The Morgan fingerprint density at radius 2 is 1.85 bits per heavy atom. The zero-order chi connectivity index (χ0) is 19.0. The number of rotatable bonds is 3. The fourth-order valence-corrected chi connectivity index (χ4v) is 2.92. The molecule has 1 fully saturated rings. The van der Waals surface area contributed by atoms with E-state index in [2.05, 4.69) is 21.4 Å². The summed E-state index contributed by atoms with van der Waals surface area (Å²) in [5.74, 6) is -1.07. The van der Waals surface area contributed by atoms with Gasteiger partial charge in [-0.2, -0.15) is 0 Å². The molecule has 1 N–H and O–H groups in total. The van der Waals surface area contributed by atoms with Crippen LogP contribution in [0.25, 0.3) is 6.08 Å². The second-order valence-corrected chi connectivity index (χ2v) is 6.73. The number of carbonyl (C=O) groups is 2. The van der Waals surface area contributed by atoms with Gasteiger partial charge in [-0.3, -0.25) is 25.1 Å². The van der Waals surface area contributed by atoms with Crippen molar-refractivity contribution in [3.63, 3.8) is 0 Å². The average molecular weight is 416 g/mol. The Kier molecular flexibility index (Phi) is 4.60. The number of hydrogen-bond acceptors (Lipinski definition) is 4. The van der Waals surface area contributed by atoms with Gasteiger partial charge < -0.3 is 0 Å². The summed E-state index contributed by atoms with van der Waals surface area (Å²) >= 11 is 3.10. The molecular weight excluding hydrogens is 402 g/mol. The van der Waals surface area contributed by atoms with Crippen molar-refractivity contribution in [1.29, 1.82) is 0 Å². The van der Waals surface area contributed by atoms with Crippen molar-refractivity contribution >= 4 is 45.2 Å². The van der Waals surface area contributed by atoms with Crippen LogP contribution in [0.3, 0.4) is 0 Å². The van der Waals surface area contributed by atoms with Crippen LogP contribution in [0.15, 0.2) is 46.4 Å². The standard InChI is InChI=1S/C18H14BrN3O4/c1-10-3-5-13(7-11(10)2)21-18(24)14(17(23)20-21)8-12-4-6-15(19)16(9-12)22(25)26/h3-9H,1-2H3,(H,20,23). The minimum absolute atomic E-state index is 0.0835. The molecule has 1 aliphatic rings. The Hall–Kier alpha value is -3.00. The number of nitro groups is 1.